The van der Waals surface area contributed by atoms with Crippen molar-refractivity contribution >= 4 is 39.3 Å². The zero-order valence-electron chi connectivity index (χ0n) is 17.0. The lowest BCUT2D eigenvalue weighted by Crippen LogP contribution is -2.21. The van der Waals surface area contributed by atoms with E-state index in [1.807, 2.05) is 60.0 Å². The first-order valence-corrected chi connectivity index (χ1v) is 11.4. The Morgan fingerprint density at radius 2 is 1.84 bits per heavy atom. The molecule has 3 heterocycles. The minimum absolute atomic E-state index is 0.134. The van der Waals surface area contributed by atoms with Gasteiger partial charge >= 0.3 is 0 Å². The highest BCUT2D eigenvalue weighted by Gasteiger charge is 2.17. The van der Waals surface area contributed by atoms with Gasteiger partial charge in [0.1, 0.15) is 0 Å². The molecule has 0 saturated heterocycles. The third-order valence-corrected chi connectivity index (χ3v) is 5.87. The lowest BCUT2D eigenvalue weighted by Gasteiger charge is -2.10. The molecule has 3 aromatic heterocycles. The van der Waals surface area contributed by atoms with Crippen LogP contribution in [0.4, 0.5) is 0 Å². The molecule has 0 fully saturated rings. The molecule has 160 valence electrons. The number of carbonyl (C=O) groups excluding carboxylic acids is 1. The number of hydrogen-bond donors (Lipinski definition) is 1. The summed E-state index contributed by atoms with van der Waals surface area (Å²) in [5.74, 6) is 0.562. The molecule has 0 saturated carbocycles. The van der Waals surface area contributed by atoms with E-state index in [-0.39, 0.29) is 11.7 Å². The molecule has 10 heteroatoms. The molecule has 0 aliphatic carbocycles. The van der Waals surface area contributed by atoms with Crippen LogP contribution in [-0.4, -0.2) is 42.1 Å². The van der Waals surface area contributed by atoms with Crippen molar-refractivity contribution in [2.75, 3.05) is 5.75 Å². The van der Waals surface area contributed by atoms with Gasteiger partial charge in [0.15, 0.2) is 11.0 Å². The smallest absolute Gasteiger partial charge is 0.250 e. The van der Waals surface area contributed by atoms with E-state index in [0.717, 1.165) is 21.3 Å². The first kappa shape index (κ1) is 21.8. The van der Waals surface area contributed by atoms with Crippen LogP contribution in [-0.2, 0) is 4.79 Å². The number of nitrogens with zero attached hydrogens (tertiary/aromatic N) is 6. The first-order chi connectivity index (χ1) is 15.6. The predicted octanol–water partition coefficient (Wildman–Crippen LogP) is 4.12. The number of hydrogen-bond acceptors (Lipinski definition) is 7. The summed E-state index contributed by atoms with van der Waals surface area (Å²) < 4.78 is 2.89. The predicted molar refractivity (Wildman–Crippen MR) is 128 cm³/mol. The molecule has 0 atom stereocenters. The van der Waals surface area contributed by atoms with Crippen molar-refractivity contribution in [1.82, 2.24) is 30.2 Å². The maximum atomic E-state index is 12.4. The average molecular weight is 508 g/mol. The van der Waals surface area contributed by atoms with Gasteiger partial charge < -0.3 is 0 Å². The van der Waals surface area contributed by atoms with Gasteiger partial charge in [0.2, 0.25) is 0 Å². The molecule has 0 aliphatic heterocycles. The third-order valence-electron chi connectivity index (χ3n) is 4.42. The monoisotopic (exact) mass is 507 g/mol. The fourth-order valence-electron chi connectivity index (χ4n) is 2.82. The second-order valence-corrected chi connectivity index (χ2v) is 8.47. The lowest BCUT2D eigenvalue weighted by molar-refractivity contribution is -0.118. The largest absolute Gasteiger partial charge is 0.272 e. The van der Waals surface area contributed by atoms with Crippen molar-refractivity contribution in [1.29, 1.82) is 0 Å². The Labute approximate surface area is 197 Å². The van der Waals surface area contributed by atoms with Crippen molar-refractivity contribution in [3.05, 3.63) is 83.4 Å². The van der Waals surface area contributed by atoms with Crippen molar-refractivity contribution in [3.8, 4) is 17.1 Å². The number of hydrazone groups is 1. The highest BCUT2D eigenvalue weighted by Crippen LogP contribution is 2.28. The minimum Gasteiger partial charge on any atom is -0.272 e. The molecule has 0 spiro atoms. The molecular weight excluding hydrogens is 490 g/mol. The maximum absolute atomic E-state index is 12.4. The summed E-state index contributed by atoms with van der Waals surface area (Å²) in [6.07, 6.45) is 6.80. The topological polar surface area (TPSA) is 98.0 Å². The van der Waals surface area contributed by atoms with Crippen LogP contribution in [0, 0.1) is 0 Å². The molecule has 8 nitrogen and oxygen atoms in total. The van der Waals surface area contributed by atoms with Crippen molar-refractivity contribution in [2.45, 2.75) is 12.1 Å². The molecule has 0 bridgehead atoms. The number of carbonyl (C=O) groups is 1. The Kier molecular flexibility index (Phi) is 7.03. The second-order valence-electron chi connectivity index (χ2n) is 6.62. The summed E-state index contributed by atoms with van der Waals surface area (Å²) in [7, 11) is 0. The average Bonchev–Trinajstić information content (AvgIpc) is 3.27. The van der Waals surface area contributed by atoms with E-state index in [4.69, 9.17) is 0 Å². The maximum Gasteiger partial charge on any atom is 0.250 e. The Bertz CT molecular complexity index is 1230. The van der Waals surface area contributed by atoms with Gasteiger partial charge in [-0.3, -0.25) is 19.3 Å². The zero-order valence-corrected chi connectivity index (χ0v) is 19.4. The van der Waals surface area contributed by atoms with E-state index in [2.05, 4.69) is 46.6 Å². The highest BCUT2D eigenvalue weighted by molar-refractivity contribution is 9.10. The summed E-state index contributed by atoms with van der Waals surface area (Å²) >= 11 is 4.75. The molecule has 4 rings (SSSR count). The minimum atomic E-state index is -0.242. The molecule has 1 N–H and O–H groups in total. The van der Waals surface area contributed by atoms with Crippen LogP contribution in [0.2, 0.25) is 0 Å². The van der Waals surface area contributed by atoms with Crippen LogP contribution in [0.5, 0.6) is 0 Å². The summed E-state index contributed by atoms with van der Waals surface area (Å²) in [4.78, 5) is 20.5. The number of halogens is 1. The van der Waals surface area contributed by atoms with E-state index in [1.165, 1.54) is 11.8 Å². The van der Waals surface area contributed by atoms with Crippen molar-refractivity contribution in [2.24, 2.45) is 5.10 Å². The van der Waals surface area contributed by atoms with Crippen LogP contribution in [0.25, 0.3) is 17.1 Å². The number of pyridine rings is 2. The summed E-state index contributed by atoms with van der Waals surface area (Å²) in [6, 6.07) is 15.3. The molecule has 32 heavy (non-hydrogen) atoms. The lowest BCUT2D eigenvalue weighted by atomic mass is 10.2. The summed E-state index contributed by atoms with van der Waals surface area (Å²) in [5.41, 5.74) is 5.87. The van der Waals surface area contributed by atoms with Gasteiger partial charge in [-0.25, -0.2) is 5.43 Å². The molecule has 1 amide bonds. The SMILES string of the molecule is CC(=NNC(=O)CSc1nnc(-c2ccncc2)n1-c1ccc(Br)cc1)c1cccnc1. The van der Waals surface area contributed by atoms with E-state index in [9.17, 15) is 4.79 Å². The van der Waals surface area contributed by atoms with Crippen molar-refractivity contribution < 1.29 is 4.79 Å². The number of rotatable bonds is 7. The van der Waals surface area contributed by atoms with Gasteiger partial charge in [0.05, 0.1) is 11.5 Å². The number of benzene rings is 1. The Morgan fingerprint density at radius 1 is 1.06 bits per heavy atom. The van der Waals surface area contributed by atoms with Gasteiger partial charge in [-0.1, -0.05) is 33.8 Å². The Hall–Kier alpha value is -3.37. The van der Waals surface area contributed by atoms with E-state index >= 15 is 0 Å². The third kappa shape index (κ3) is 5.27. The standard InChI is InChI=1S/C22H18BrN7OS/c1-15(17-3-2-10-25-13-17)26-27-20(31)14-32-22-29-28-21(16-8-11-24-12-9-16)30(22)19-6-4-18(23)5-7-19/h2-13H,14H2,1H3,(H,27,31). The van der Waals surface area contributed by atoms with Crippen LogP contribution < -0.4 is 5.43 Å². The van der Waals surface area contributed by atoms with Crippen LogP contribution in [0.15, 0.2) is 88.0 Å². The number of nitrogens with one attached hydrogen (secondary N) is 1. The van der Waals surface area contributed by atoms with Gasteiger partial charge in [0.25, 0.3) is 5.91 Å². The van der Waals surface area contributed by atoms with Crippen LogP contribution in [0.3, 0.4) is 0 Å². The van der Waals surface area contributed by atoms with E-state index in [1.54, 1.807) is 24.8 Å². The quantitative estimate of drug-likeness (QED) is 0.229. The Balaban J connectivity index is 1.53. The van der Waals surface area contributed by atoms with Gasteiger partial charge in [-0.2, -0.15) is 5.10 Å². The molecule has 4 aromatic rings. The van der Waals surface area contributed by atoms with E-state index < -0.39 is 0 Å². The van der Waals surface area contributed by atoms with Gasteiger partial charge in [0, 0.05) is 46.1 Å². The van der Waals surface area contributed by atoms with Gasteiger partial charge in [-0.05, 0) is 49.4 Å². The summed E-state index contributed by atoms with van der Waals surface area (Å²) in [5, 5.41) is 13.4. The number of thioether (sulfide) groups is 1. The fourth-order valence-corrected chi connectivity index (χ4v) is 3.83. The van der Waals surface area contributed by atoms with Crippen LogP contribution >= 0.6 is 27.7 Å². The zero-order chi connectivity index (χ0) is 22.3. The highest BCUT2D eigenvalue weighted by atomic mass is 79.9. The number of aromatic nitrogens is 5. The number of amides is 1. The molecule has 0 unspecified atom stereocenters. The molecule has 0 radical (unpaired) electrons. The van der Waals surface area contributed by atoms with Crippen molar-refractivity contribution in [3.63, 3.8) is 0 Å². The van der Waals surface area contributed by atoms with E-state index in [0.29, 0.717) is 16.7 Å². The van der Waals surface area contributed by atoms with Crippen LogP contribution in [0.1, 0.15) is 12.5 Å². The fraction of sp³-hybridized carbons (Fsp3) is 0.0909. The Morgan fingerprint density at radius 3 is 2.56 bits per heavy atom. The summed E-state index contributed by atoms with van der Waals surface area (Å²) in [6.45, 7) is 1.82. The van der Waals surface area contributed by atoms with Gasteiger partial charge in [-0.15, -0.1) is 10.2 Å². The second kappa shape index (κ2) is 10.3. The molecule has 1 aromatic carbocycles. The molecule has 0 aliphatic rings. The first-order valence-electron chi connectivity index (χ1n) is 9.60. The molecular formula is C22H18BrN7OS. The normalized spacial score (nSPS) is 11.4.